The maximum Gasteiger partial charge on any atom is 0.274 e. The Morgan fingerprint density at radius 1 is 0.880 bits per heavy atom. The van der Waals surface area contributed by atoms with Crippen LogP contribution in [0, 0.1) is 20.8 Å². The average Bonchev–Trinajstić information content (AvgIpc) is 2.61. The number of aromatic nitrogens is 2. The lowest BCUT2D eigenvalue weighted by Crippen LogP contribution is -2.51. The van der Waals surface area contributed by atoms with Crippen molar-refractivity contribution < 1.29 is 9.59 Å². The molecule has 0 saturated carbocycles. The summed E-state index contributed by atoms with van der Waals surface area (Å²) < 4.78 is 0. The van der Waals surface area contributed by atoms with Crippen molar-refractivity contribution in [3.8, 4) is 0 Å². The summed E-state index contributed by atoms with van der Waals surface area (Å²) in [4.78, 5) is 36.8. The molecule has 2 heterocycles. The van der Waals surface area contributed by atoms with E-state index in [-0.39, 0.29) is 11.8 Å². The van der Waals surface area contributed by atoms with Crippen LogP contribution in [-0.2, 0) is 0 Å². The highest BCUT2D eigenvalue weighted by Gasteiger charge is 2.27. The Labute approximate surface area is 147 Å². The van der Waals surface area contributed by atoms with Gasteiger partial charge in [-0.25, -0.2) is 4.98 Å². The van der Waals surface area contributed by atoms with Gasteiger partial charge in [-0.3, -0.25) is 14.6 Å². The molecule has 0 radical (unpaired) electrons. The first-order chi connectivity index (χ1) is 12.0. The molecule has 6 heteroatoms. The van der Waals surface area contributed by atoms with E-state index in [1.807, 2.05) is 37.8 Å². The quantitative estimate of drug-likeness (QED) is 0.840. The Morgan fingerprint density at radius 2 is 1.44 bits per heavy atom. The number of carbonyl (C=O) groups is 2. The highest BCUT2D eigenvalue weighted by Crippen LogP contribution is 2.19. The van der Waals surface area contributed by atoms with E-state index < -0.39 is 0 Å². The Balaban J connectivity index is 1.68. The van der Waals surface area contributed by atoms with E-state index in [2.05, 4.69) is 9.97 Å². The van der Waals surface area contributed by atoms with Crippen molar-refractivity contribution in [1.82, 2.24) is 19.8 Å². The Bertz CT molecular complexity index is 773. The van der Waals surface area contributed by atoms with E-state index in [0.29, 0.717) is 31.9 Å². The van der Waals surface area contributed by atoms with Crippen molar-refractivity contribution >= 4 is 11.8 Å². The topological polar surface area (TPSA) is 66.4 Å². The fourth-order valence-electron chi connectivity index (χ4n) is 3.36. The number of nitrogens with zero attached hydrogens (tertiary/aromatic N) is 4. The molecule has 2 aromatic rings. The monoisotopic (exact) mass is 338 g/mol. The van der Waals surface area contributed by atoms with Crippen molar-refractivity contribution in [3.05, 3.63) is 58.7 Å². The summed E-state index contributed by atoms with van der Waals surface area (Å²) in [7, 11) is 0. The lowest BCUT2D eigenvalue weighted by Gasteiger charge is -2.35. The van der Waals surface area contributed by atoms with Gasteiger partial charge in [0.1, 0.15) is 5.69 Å². The molecular weight excluding hydrogens is 316 g/mol. The first-order valence-electron chi connectivity index (χ1n) is 8.40. The van der Waals surface area contributed by atoms with E-state index in [0.717, 1.165) is 22.3 Å². The minimum atomic E-state index is -0.136. The van der Waals surface area contributed by atoms with Crippen LogP contribution in [0.15, 0.2) is 30.7 Å². The predicted molar refractivity (Wildman–Crippen MR) is 94.5 cm³/mol. The van der Waals surface area contributed by atoms with Crippen molar-refractivity contribution in [2.45, 2.75) is 20.8 Å². The second-order valence-corrected chi connectivity index (χ2v) is 6.45. The summed E-state index contributed by atoms with van der Waals surface area (Å²) in [6.45, 7) is 8.04. The highest BCUT2D eigenvalue weighted by molar-refractivity contribution is 5.97. The second-order valence-electron chi connectivity index (χ2n) is 6.45. The molecule has 6 nitrogen and oxygen atoms in total. The third-order valence-electron chi connectivity index (χ3n) is 4.53. The van der Waals surface area contributed by atoms with Gasteiger partial charge in [-0.2, -0.15) is 0 Å². The van der Waals surface area contributed by atoms with Crippen LogP contribution in [0.3, 0.4) is 0 Å². The number of carbonyl (C=O) groups excluding carboxylic acids is 2. The van der Waals surface area contributed by atoms with Crippen molar-refractivity contribution in [1.29, 1.82) is 0 Å². The normalized spacial score (nSPS) is 14.5. The van der Waals surface area contributed by atoms with Crippen LogP contribution >= 0.6 is 0 Å². The summed E-state index contributed by atoms with van der Waals surface area (Å²) in [5.41, 5.74) is 4.28. The molecule has 3 rings (SSSR count). The van der Waals surface area contributed by atoms with Crippen LogP contribution in [0.4, 0.5) is 0 Å². The van der Waals surface area contributed by atoms with Crippen LogP contribution in [0.2, 0.25) is 0 Å². The smallest absolute Gasteiger partial charge is 0.274 e. The van der Waals surface area contributed by atoms with Gasteiger partial charge in [0.25, 0.3) is 11.8 Å². The molecule has 0 atom stereocenters. The zero-order chi connectivity index (χ0) is 18.0. The molecule has 1 saturated heterocycles. The Morgan fingerprint density at radius 3 is 1.96 bits per heavy atom. The molecule has 130 valence electrons. The van der Waals surface area contributed by atoms with Gasteiger partial charge in [0.2, 0.25) is 0 Å². The lowest BCUT2D eigenvalue weighted by molar-refractivity contribution is 0.0531. The van der Waals surface area contributed by atoms with E-state index in [4.69, 9.17) is 0 Å². The predicted octanol–water partition coefficient (Wildman–Crippen LogP) is 2.00. The molecule has 1 fully saturated rings. The van der Waals surface area contributed by atoms with Crippen molar-refractivity contribution in [2.24, 2.45) is 0 Å². The molecule has 2 amide bonds. The molecule has 0 unspecified atom stereocenters. The first-order valence-corrected chi connectivity index (χ1v) is 8.40. The van der Waals surface area contributed by atoms with Crippen LogP contribution in [0.1, 0.15) is 37.5 Å². The first kappa shape index (κ1) is 17.1. The molecule has 1 aromatic heterocycles. The molecule has 1 aliphatic heterocycles. The van der Waals surface area contributed by atoms with Gasteiger partial charge in [0, 0.05) is 44.1 Å². The summed E-state index contributed by atoms with van der Waals surface area (Å²) in [6.07, 6.45) is 4.52. The molecule has 1 aromatic carbocycles. The van der Waals surface area contributed by atoms with Crippen molar-refractivity contribution in [2.75, 3.05) is 26.2 Å². The van der Waals surface area contributed by atoms with Crippen LogP contribution < -0.4 is 0 Å². The van der Waals surface area contributed by atoms with Gasteiger partial charge in [0.05, 0.1) is 6.20 Å². The Kier molecular flexibility index (Phi) is 4.79. The third kappa shape index (κ3) is 3.52. The van der Waals surface area contributed by atoms with Gasteiger partial charge in [0.15, 0.2) is 0 Å². The van der Waals surface area contributed by atoms with E-state index in [1.54, 1.807) is 11.1 Å². The van der Waals surface area contributed by atoms with Crippen LogP contribution in [-0.4, -0.2) is 57.8 Å². The van der Waals surface area contributed by atoms with Gasteiger partial charge in [-0.1, -0.05) is 17.7 Å². The number of rotatable bonds is 2. The van der Waals surface area contributed by atoms with Crippen LogP contribution in [0.5, 0.6) is 0 Å². The summed E-state index contributed by atoms with van der Waals surface area (Å²) in [5, 5.41) is 0. The largest absolute Gasteiger partial charge is 0.335 e. The Hall–Kier alpha value is -2.76. The highest BCUT2D eigenvalue weighted by atomic mass is 16.2. The summed E-state index contributed by atoms with van der Waals surface area (Å²) >= 11 is 0. The van der Waals surface area contributed by atoms with E-state index in [9.17, 15) is 9.59 Å². The number of benzene rings is 1. The SMILES string of the molecule is Cc1cc(C)c(C(=O)N2CCN(C(=O)c3cnccn3)CC2)c(C)c1. The summed E-state index contributed by atoms with van der Waals surface area (Å²) in [5.74, 6) is -0.0931. The van der Waals surface area contributed by atoms with E-state index in [1.165, 1.54) is 12.4 Å². The minimum Gasteiger partial charge on any atom is -0.335 e. The van der Waals surface area contributed by atoms with Gasteiger partial charge < -0.3 is 9.80 Å². The number of aryl methyl sites for hydroxylation is 3. The van der Waals surface area contributed by atoms with Gasteiger partial charge in [-0.15, -0.1) is 0 Å². The zero-order valence-electron chi connectivity index (χ0n) is 14.8. The maximum absolute atomic E-state index is 12.9. The van der Waals surface area contributed by atoms with Crippen molar-refractivity contribution in [3.63, 3.8) is 0 Å². The minimum absolute atomic E-state index is 0.0431. The van der Waals surface area contributed by atoms with Crippen LogP contribution in [0.25, 0.3) is 0 Å². The molecule has 0 N–H and O–H groups in total. The van der Waals surface area contributed by atoms with Gasteiger partial charge in [-0.05, 0) is 31.9 Å². The molecule has 0 aliphatic carbocycles. The fourth-order valence-corrected chi connectivity index (χ4v) is 3.36. The third-order valence-corrected chi connectivity index (χ3v) is 4.53. The second kappa shape index (κ2) is 7.01. The zero-order valence-corrected chi connectivity index (χ0v) is 14.8. The number of hydrogen-bond donors (Lipinski definition) is 0. The molecule has 25 heavy (non-hydrogen) atoms. The molecule has 0 spiro atoms. The number of hydrogen-bond acceptors (Lipinski definition) is 4. The summed E-state index contributed by atoms with van der Waals surface area (Å²) in [6, 6.07) is 4.07. The molecule has 1 aliphatic rings. The standard InChI is InChI=1S/C19H22N4O2/c1-13-10-14(2)17(15(3)11-13)19(25)23-8-6-22(7-9-23)18(24)16-12-20-4-5-21-16/h4-5,10-12H,6-9H2,1-3H3. The number of amides is 2. The maximum atomic E-state index is 12.9. The van der Waals surface area contributed by atoms with Gasteiger partial charge >= 0.3 is 0 Å². The number of piperazine rings is 1. The average molecular weight is 338 g/mol. The fraction of sp³-hybridized carbons (Fsp3) is 0.368. The molecule has 0 bridgehead atoms. The molecular formula is C19H22N4O2. The lowest BCUT2D eigenvalue weighted by atomic mass is 9.98. The van der Waals surface area contributed by atoms with E-state index >= 15 is 0 Å².